The zero-order valence-corrected chi connectivity index (χ0v) is 12.8. The van der Waals surface area contributed by atoms with Gasteiger partial charge in [0, 0.05) is 13.1 Å². The lowest BCUT2D eigenvalue weighted by atomic mass is 10.3. The van der Waals surface area contributed by atoms with Gasteiger partial charge in [-0.1, -0.05) is 19.1 Å². The highest BCUT2D eigenvalue weighted by Crippen LogP contribution is 2.22. The summed E-state index contributed by atoms with van der Waals surface area (Å²) in [5.74, 6) is -0.0993. The van der Waals surface area contributed by atoms with Crippen molar-refractivity contribution in [1.29, 1.82) is 0 Å². The molecule has 106 valence electrons. The summed E-state index contributed by atoms with van der Waals surface area (Å²) in [4.78, 5) is -0.0785. The van der Waals surface area contributed by atoms with Crippen LogP contribution in [0.25, 0.3) is 0 Å². The van der Waals surface area contributed by atoms with Gasteiger partial charge < -0.3 is 5.73 Å². The summed E-state index contributed by atoms with van der Waals surface area (Å²) in [5, 5.41) is -0.930. The molecule has 2 atom stereocenters. The summed E-state index contributed by atoms with van der Waals surface area (Å²) in [6, 6.07) is -0.511. The van der Waals surface area contributed by atoms with Crippen LogP contribution < -0.4 is 5.73 Å². The molecule has 1 heterocycles. The zero-order chi connectivity index (χ0) is 14.1. The molecule has 0 aromatic carbocycles. The second-order valence-corrected chi connectivity index (χ2v) is 9.29. The van der Waals surface area contributed by atoms with Crippen molar-refractivity contribution in [2.24, 2.45) is 5.73 Å². The van der Waals surface area contributed by atoms with Crippen molar-refractivity contribution in [1.82, 2.24) is 4.31 Å². The molecular formula is C9H18N2O4S3. The average molecular weight is 314 g/mol. The molecule has 0 spiro atoms. The lowest BCUT2D eigenvalue weighted by molar-refractivity contribution is 0.391. The molecular weight excluding hydrogens is 296 g/mol. The van der Waals surface area contributed by atoms with Gasteiger partial charge >= 0.3 is 0 Å². The first kappa shape index (κ1) is 15.8. The predicted molar refractivity (Wildman–Crippen MR) is 74.6 cm³/mol. The molecule has 0 amide bonds. The average Bonchev–Trinajstić information content (AvgIpc) is 2.57. The molecule has 18 heavy (non-hydrogen) atoms. The minimum atomic E-state index is -3.68. The van der Waals surface area contributed by atoms with E-state index in [9.17, 15) is 16.8 Å². The number of nitrogens with two attached hydrogens (primary N) is 1. The molecule has 0 radical (unpaired) electrons. The van der Waals surface area contributed by atoms with E-state index in [0.717, 1.165) is 4.31 Å². The van der Waals surface area contributed by atoms with Crippen LogP contribution in [0.1, 0.15) is 19.8 Å². The lowest BCUT2D eigenvalue weighted by Gasteiger charge is -2.27. The summed E-state index contributed by atoms with van der Waals surface area (Å²) in [6.45, 7) is 1.68. The van der Waals surface area contributed by atoms with E-state index in [2.05, 4.69) is 0 Å². The van der Waals surface area contributed by atoms with Crippen LogP contribution >= 0.6 is 12.2 Å². The molecule has 0 aromatic heterocycles. The van der Waals surface area contributed by atoms with Crippen molar-refractivity contribution in [2.75, 3.05) is 18.6 Å². The van der Waals surface area contributed by atoms with E-state index < -0.39 is 31.2 Å². The quantitative estimate of drug-likeness (QED) is 0.687. The Labute approximate surface area is 113 Å². The fourth-order valence-corrected chi connectivity index (χ4v) is 6.14. The van der Waals surface area contributed by atoms with Gasteiger partial charge in [0.25, 0.3) is 0 Å². The van der Waals surface area contributed by atoms with Gasteiger partial charge in [-0.25, -0.2) is 21.1 Å². The Balaban J connectivity index is 2.96. The Bertz CT molecular complexity index is 526. The monoisotopic (exact) mass is 314 g/mol. The summed E-state index contributed by atoms with van der Waals surface area (Å²) < 4.78 is 48.4. The normalized spacial score (nSPS) is 25.2. The van der Waals surface area contributed by atoms with Gasteiger partial charge in [0.05, 0.1) is 16.5 Å². The third-order valence-electron chi connectivity index (χ3n) is 3.17. The number of sulfonamides is 1. The zero-order valence-electron chi connectivity index (χ0n) is 10.4. The molecule has 1 aliphatic heterocycles. The molecule has 0 bridgehead atoms. The third kappa shape index (κ3) is 3.19. The summed E-state index contributed by atoms with van der Waals surface area (Å²) in [5.41, 5.74) is 5.43. The number of hydrogen-bond acceptors (Lipinski definition) is 5. The minimum absolute atomic E-state index is 0.0292. The fourth-order valence-electron chi connectivity index (χ4n) is 2.03. The molecule has 2 N–H and O–H groups in total. The second kappa shape index (κ2) is 5.40. The Morgan fingerprint density at radius 1 is 1.56 bits per heavy atom. The number of thiocarbonyl (C=S) groups is 1. The van der Waals surface area contributed by atoms with Gasteiger partial charge in [-0.15, -0.1) is 0 Å². The van der Waals surface area contributed by atoms with Crippen molar-refractivity contribution >= 4 is 37.1 Å². The first-order valence-corrected chi connectivity index (χ1v) is 9.31. The smallest absolute Gasteiger partial charge is 0.223 e. The van der Waals surface area contributed by atoms with Crippen molar-refractivity contribution in [3.05, 3.63) is 0 Å². The number of sulfone groups is 1. The van der Waals surface area contributed by atoms with Crippen LogP contribution in [-0.2, 0) is 19.9 Å². The van der Waals surface area contributed by atoms with Gasteiger partial charge in [0.2, 0.25) is 10.0 Å². The van der Waals surface area contributed by atoms with Gasteiger partial charge in [0.15, 0.2) is 9.84 Å². The maximum absolute atomic E-state index is 12.3. The van der Waals surface area contributed by atoms with Crippen LogP contribution in [0.3, 0.4) is 0 Å². The molecule has 1 fully saturated rings. The molecule has 1 rings (SSSR count). The van der Waals surface area contributed by atoms with Gasteiger partial charge in [-0.2, -0.15) is 0 Å². The molecule has 0 aliphatic carbocycles. The van der Waals surface area contributed by atoms with Crippen LogP contribution in [0.5, 0.6) is 0 Å². The van der Waals surface area contributed by atoms with E-state index >= 15 is 0 Å². The summed E-state index contributed by atoms with van der Waals surface area (Å²) in [7, 11) is -5.41. The largest absolute Gasteiger partial charge is 0.392 e. The first-order valence-electron chi connectivity index (χ1n) is 5.58. The van der Waals surface area contributed by atoms with E-state index in [-0.39, 0.29) is 22.9 Å². The maximum atomic E-state index is 12.3. The number of nitrogens with zero attached hydrogens (tertiary/aromatic N) is 1. The maximum Gasteiger partial charge on any atom is 0.223 e. The molecule has 9 heteroatoms. The van der Waals surface area contributed by atoms with Gasteiger partial charge in [-0.3, -0.25) is 0 Å². The van der Waals surface area contributed by atoms with Crippen LogP contribution in [0, 0.1) is 0 Å². The minimum Gasteiger partial charge on any atom is -0.392 e. The van der Waals surface area contributed by atoms with Crippen LogP contribution in [-0.4, -0.2) is 56.0 Å². The van der Waals surface area contributed by atoms with Crippen LogP contribution in [0.15, 0.2) is 0 Å². The van der Waals surface area contributed by atoms with E-state index in [1.54, 1.807) is 6.92 Å². The van der Waals surface area contributed by atoms with Crippen molar-refractivity contribution in [3.63, 3.8) is 0 Å². The molecule has 2 unspecified atom stereocenters. The molecule has 0 saturated carbocycles. The Kier molecular flexibility index (Phi) is 4.74. The first-order chi connectivity index (χ1) is 8.12. The standard InChI is InChI=1S/C9H18N2O4S3/c1-3-8(9(10)16)18(14,15)11(2)7-4-5-17(12,13)6-7/h7-8H,3-6H2,1-2H3,(H2,10,16). The Morgan fingerprint density at radius 3 is 2.44 bits per heavy atom. The van der Waals surface area contributed by atoms with Crippen molar-refractivity contribution < 1.29 is 16.8 Å². The van der Waals surface area contributed by atoms with Gasteiger partial charge in [0.1, 0.15) is 5.25 Å². The topological polar surface area (TPSA) is 97.5 Å². The van der Waals surface area contributed by atoms with Crippen molar-refractivity contribution in [3.8, 4) is 0 Å². The highest BCUT2D eigenvalue weighted by Gasteiger charge is 2.39. The Morgan fingerprint density at radius 2 is 2.11 bits per heavy atom. The lowest BCUT2D eigenvalue weighted by Crippen LogP contribution is -2.47. The Hall–Kier alpha value is -0.250. The third-order valence-corrected chi connectivity index (χ3v) is 7.76. The second-order valence-electron chi connectivity index (χ2n) is 4.42. The molecule has 1 saturated heterocycles. The van der Waals surface area contributed by atoms with E-state index in [4.69, 9.17) is 18.0 Å². The molecule has 0 aromatic rings. The predicted octanol–water partition coefficient (Wildman–Crippen LogP) is -0.500. The van der Waals surface area contributed by atoms with E-state index in [1.165, 1.54) is 7.05 Å². The highest BCUT2D eigenvalue weighted by atomic mass is 32.2. The number of rotatable bonds is 5. The van der Waals surface area contributed by atoms with Crippen LogP contribution in [0.2, 0.25) is 0 Å². The fraction of sp³-hybridized carbons (Fsp3) is 0.889. The van der Waals surface area contributed by atoms with E-state index in [1.807, 2.05) is 0 Å². The van der Waals surface area contributed by atoms with Crippen molar-refractivity contribution in [2.45, 2.75) is 31.1 Å². The van der Waals surface area contributed by atoms with Gasteiger partial charge in [-0.05, 0) is 12.8 Å². The van der Waals surface area contributed by atoms with E-state index in [0.29, 0.717) is 6.42 Å². The molecule has 1 aliphatic rings. The SMILES string of the molecule is CCC(C(N)=S)S(=O)(=O)N(C)C1CCS(=O)(=O)C1. The summed E-state index contributed by atoms with van der Waals surface area (Å²) >= 11 is 4.76. The summed E-state index contributed by atoms with van der Waals surface area (Å²) in [6.07, 6.45) is 0.604. The number of hydrogen-bond donors (Lipinski definition) is 1. The van der Waals surface area contributed by atoms with Crippen LogP contribution in [0.4, 0.5) is 0 Å². The molecule has 6 nitrogen and oxygen atoms in total. The highest BCUT2D eigenvalue weighted by molar-refractivity contribution is 7.93.